The predicted molar refractivity (Wildman–Crippen MR) is 80.3 cm³/mol. The third kappa shape index (κ3) is 3.72. The van der Waals surface area contributed by atoms with Crippen LogP contribution in [0.4, 0.5) is 5.00 Å². The Bertz CT molecular complexity index is 422. The van der Waals surface area contributed by atoms with Gasteiger partial charge in [-0.15, -0.1) is 11.3 Å². The van der Waals surface area contributed by atoms with Crippen molar-refractivity contribution in [2.24, 2.45) is 5.92 Å². The van der Waals surface area contributed by atoms with Gasteiger partial charge >= 0.3 is 5.97 Å². The molecule has 4 heteroatoms. The molecule has 0 unspecified atom stereocenters. The van der Waals surface area contributed by atoms with Gasteiger partial charge in [0.2, 0.25) is 0 Å². The summed E-state index contributed by atoms with van der Waals surface area (Å²) in [4.78, 5) is 13.9. The molecule has 2 rings (SSSR count). The summed E-state index contributed by atoms with van der Waals surface area (Å²) in [5.41, 5.74) is 0. The Morgan fingerprint density at radius 1 is 1.42 bits per heavy atom. The molecular formula is C15H23NO2S. The van der Waals surface area contributed by atoms with Crippen LogP contribution < -0.4 is 4.90 Å². The highest BCUT2D eigenvalue weighted by molar-refractivity contribution is 7.17. The Morgan fingerprint density at radius 2 is 2.11 bits per heavy atom. The second kappa shape index (κ2) is 6.42. The Kier molecular flexibility index (Phi) is 4.86. The van der Waals surface area contributed by atoms with E-state index in [-0.39, 0.29) is 0 Å². The molecule has 1 aliphatic carbocycles. The number of hydrogen-bond acceptors (Lipinski definition) is 3. The average Bonchev–Trinajstić information content (AvgIpc) is 2.98. The van der Waals surface area contributed by atoms with E-state index in [1.165, 1.54) is 37.0 Å². The van der Waals surface area contributed by atoms with E-state index in [0.29, 0.717) is 16.8 Å². The number of carboxylic acids is 1. The molecule has 19 heavy (non-hydrogen) atoms. The van der Waals surface area contributed by atoms with Crippen molar-refractivity contribution in [2.75, 3.05) is 11.4 Å². The van der Waals surface area contributed by atoms with E-state index in [9.17, 15) is 4.79 Å². The van der Waals surface area contributed by atoms with E-state index in [4.69, 9.17) is 5.11 Å². The Labute approximate surface area is 119 Å². The van der Waals surface area contributed by atoms with Crippen LogP contribution in [-0.2, 0) is 0 Å². The van der Waals surface area contributed by atoms with Gasteiger partial charge in [-0.3, -0.25) is 0 Å². The molecule has 1 fully saturated rings. The van der Waals surface area contributed by atoms with Crippen LogP contribution in [0.2, 0.25) is 0 Å². The van der Waals surface area contributed by atoms with Crippen molar-refractivity contribution >= 4 is 22.3 Å². The molecule has 3 nitrogen and oxygen atoms in total. The Morgan fingerprint density at radius 3 is 2.63 bits per heavy atom. The van der Waals surface area contributed by atoms with Crippen LogP contribution >= 0.6 is 11.3 Å². The first-order valence-electron chi connectivity index (χ1n) is 7.17. The van der Waals surface area contributed by atoms with Crippen LogP contribution in [0, 0.1) is 5.92 Å². The van der Waals surface area contributed by atoms with Gasteiger partial charge in [0.05, 0.1) is 5.00 Å². The average molecular weight is 281 g/mol. The molecule has 0 aliphatic heterocycles. The van der Waals surface area contributed by atoms with Crippen molar-refractivity contribution < 1.29 is 9.90 Å². The van der Waals surface area contributed by atoms with E-state index < -0.39 is 5.97 Å². The van der Waals surface area contributed by atoms with Crippen LogP contribution in [0.3, 0.4) is 0 Å². The molecule has 0 atom stereocenters. The van der Waals surface area contributed by atoms with Crippen LogP contribution in [0.25, 0.3) is 0 Å². The number of anilines is 1. The first-order valence-corrected chi connectivity index (χ1v) is 7.99. The minimum atomic E-state index is -0.813. The number of carboxylic acid groups (broad SMARTS) is 1. The van der Waals surface area contributed by atoms with Crippen molar-refractivity contribution in [3.8, 4) is 0 Å². The van der Waals surface area contributed by atoms with Gasteiger partial charge in [0.25, 0.3) is 0 Å². The largest absolute Gasteiger partial charge is 0.477 e. The van der Waals surface area contributed by atoms with Crippen LogP contribution in [-0.4, -0.2) is 23.7 Å². The number of nitrogens with zero attached hydrogens (tertiary/aromatic N) is 1. The molecular weight excluding hydrogens is 258 g/mol. The predicted octanol–water partition coefficient (Wildman–Crippen LogP) is 4.24. The number of aromatic carboxylic acids is 1. The monoisotopic (exact) mass is 281 g/mol. The van der Waals surface area contributed by atoms with Gasteiger partial charge in [0, 0.05) is 12.6 Å². The highest BCUT2D eigenvalue weighted by atomic mass is 32.1. The number of hydrogen-bond donors (Lipinski definition) is 1. The molecule has 1 aromatic rings. The second-order valence-electron chi connectivity index (χ2n) is 5.76. The fourth-order valence-electron chi connectivity index (χ4n) is 2.68. The Hall–Kier alpha value is -1.03. The lowest BCUT2D eigenvalue weighted by Gasteiger charge is -2.30. The number of thiophene rings is 1. The second-order valence-corrected chi connectivity index (χ2v) is 6.82. The molecule has 0 spiro atoms. The van der Waals surface area contributed by atoms with Crippen molar-refractivity contribution in [2.45, 2.75) is 52.0 Å². The lowest BCUT2D eigenvalue weighted by Crippen LogP contribution is -2.34. The van der Waals surface area contributed by atoms with Crippen molar-refractivity contribution in [3.63, 3.8) is 0 Å². The first kappa shape index (κ1) is 14.4. The van der Waals surface area contributed by atoms with Crippen molar-refractivity contribution in [3.05, 3.63) is 17.0 Å². The molecule has 106 valence electrons. The smallest absolute Gasteiger partial charge is 0.345 e. The minimum Gasteiger partial charge on any atom is -0.477 e. The third-order valence-electron chi connectivity index (χ3n) is 3.80. The molecule has 1 heterocycles. The van der Waals surface area contributed by atoms with Gasteiger partial charge in [-0.1, -0.05) is 26.7 Å². The fraction of sp³-hybridized carbons (Fsp3) is 0.667. The van der Waals surface area contributed by atoms with Gasteiger partial charge < -0.3 is 10.0 Å². The fourth-order valence-corrected chi connectivity index (χ4v) is 3.63. The molecule has 0 aromatic carbocycles. The highest BCUT2D eigenvalue weighted by Crippen LogP contribution is 2.33. The minimum absolute atomic E-state index is 0.447. The standard InChI is InChI=1S/C15H23NO2S/c1-11(2)9-10-16(12-5-3-4-6-12)14-8-7-13(19-14)15(17)18/h7-8,11-12H,3-6,9-10H2,1-2H3,(H,17,18). The van der Waals surface area contributed by atoms with Gasteiger partial charge in [-0.25, -0.2) is 4.79 Å². The van der Waals surface area contributed by atoms with Gasteiger partial charge in [-0.05, 0) is 37.3 Å². The highest BCUT2D eigenvalue weighted by Gasteiger charge is 2.24. The lowest BCUT2D eigenvalue weighted by molar-refractivity contribution is 0.0702. The summed E-state index contributed by atoms with van der Waals surface area (Å²) in [6.07, 6.45) is 6.27. The molecule has 1 N–H and O–H groups in total. The maximum atomic E-state index is 11.0. The summed E-state index contributed by atoms with van der Waals surface area (Å²) in [7, 11) is 0. The summed E-state index contributed by atoms with van der Waals surface area (Å²) in [6, 6.07) is 4.32. The maximum absolute atomic E-state index is 11.0. The molecule has 0 saturated heterocycles. The Balaban J connectivity index is 2.12. The zero-order chi connectivity index (χ0) is 13.8. The molecule has 1 saturated carbocycles. The number of carbonyl (C=O) groups is 1. The van der Waals surface area contributed by atoms with Crippen LogP contribution in [0.1, 0.15) is 55.6 Å². The number of rotatable bonds is 6. The van der Waals surface area contributed by atoms with E-state index in [2.05, 4.69) is 18.7 Å². The van der Waals surface area contributed by atoms with Crippen LogP contribution in [0.5, 0.6) is 0 Å². The van der Waals surface area contributed by atoms with E-state index in [0.717, 1.165) is 18.0 Å². The summed E-state index contributed by atoms with van der Waals surface area (Å²) in [5.74, 6) is -0.130. The lowest BCUT2D eigenvalue weighted by atomic mass is 10.1. The molecule has 0 bridgehead atoms. The van der Waals surface area contributed by atoms with Gasteiger partial charge in [0.15, 0.2) is 0 Å². The summed E-state index contributed by atoms with van der Waals surface area (Å²) in [5, 5.41) is 10.2. The van der Waals surface area contributed by atoms with Crippen molar-refractivity contribution in [1.82, 2.24) is 0 Å². The molecule has 0 amide bonds. The van der Waals surface area contributed by atoms with E-state index in [1.807, 2.05) is 6.07 Å². The zero-order valence-electron chi connectivity index (χ0n) is 11.8. The van der Waals surface area contributed by atoms with Gasteiger partial charge in [0.1, 0.15) is 4.88 Å². The molecule has 0 radical (unpaired) electrons. The van der Waals surface area contributed by atoms with E-state index in [1.54, 1.807) is 6.07 Å². The first-order chi connectivity index (χ1) is 9.08. The van der Waals surface area contributed by atoms with E-state index >= 15 is 0 Å². The topological polar surface area (TPSA) is 40.5 Å². The molecule has 1 aromatic heterocycles. The molecule has 1 aliphatic rings. The quantitative estimate of drug-likeness (QED) is 0.847. The normalized spacial score (nSPS) is 16.2. The maximum Gasteiger partial charge on any atom is 0.345 e. The van der Waals surface area contributed by atoms with Gasteiger partial charge in [-0.2, -0.15) is 0 Å². The summed E-state index contributed by atoms with van der Waals surface area (Å²) in [6.45, 7) is 5.52. The third-order valence-corrected chi connectivity index (χ3v) is 4.91. The van der Waals surface area contributed by atoms with Crippen LogP contribution in [0.15, 0.2) is 12.1 Å². The zero-order valence-corrected chi connectivity index (χ0v) is 12.6. The summed E-state index contributed by atoms with van der Waals surface area (Å²) >= 11 is 1.41. The SMILES string of the molecule is CC(C)CCN(c1ccc(C(=O)O)s1)C1CCCC1. The van der Waals surface area contributed by atoms with Crippen molar-refractivity contribution in [1.29, 1.82) is 0 Å². The summed E-state index contributed by atoms with van der Waals surface area (Å²) < 4.78 is 0.